The number of pyridine rings is 1. The van der Waals surface area contributed by atoms with Crippen molar-refractivity contribution in [2.24, 2.45) is 10.1 Å². The third-order valence-corrected chi connectivity index (χ3v) is 5.76. The average Bonchev–Trinajstić information content (AvgIpc) is 3.25. The van der Waals surface area contributed by atoms with Gasteiger partial charge in [-0.25, -0.2) is 4.99 Å². The average molecular weight is 428 g/mol. The zero-order valence-corrected chi connectivity index (χ0v) is 17.1. The number of ether oxygens (including phenoxy) is 1. The second-order valence-corrected chi connectivity index (χ2v) is 7.86. The molecule has 2 aliphatic rings. The number of benzene rings is 1. The highest BCUT2D eigenvalue weighted by atomic mass is 35.5. The van der Waals surface area contributed by atoms with Crippen LogP contribution in [0.2, 0.25) is 5.02 Å². The first kappa shape index (κ1) is 19.5. The number of carbonyl (C=O) groups excluding carboxylic acids is 1. The Kier molecular flexibility index (Phi) is 5.82. The molecule has 0 saturated carbocycles. The highest BCUT2D eigenvalue weighted by molar-refractivity contribution is 8.01. The number of rotatable bonds is 4. The molecule has 2 aromatic rings. The molecular formula is C20H18ClN5O2S. The van der Waals surface area contributed by atoms with Gasteiger partial charge in [0.2, 0.25) is 5.90 Å². The van der Waals surface area contributed by atoms with Gasteiger partial charge in [-0.1, -0.05) is 17.7 Å². The lowest BCUT2D eigenvalue weighted by atomic mass is 10.1. The summed E-state index contributed by atoms with van der Waals surface area (Å²) in [5.74, 6) is 1.93. The first-order valence-corrected chi connectivity index (χ1v) is 10.4. The van der Waals surface area contributed by atoms with Gasteiger partial charge in [-0.3, -0.25) is 15.2 Å². The SMILES string of the molecule is CNC(=O)c1cc(COC2=NNC(=Nc3ccc(Cl)cc3)C3=CCSC32)ccn1. The number of thioether (sulfide) groups is 1. The molecule has 2 aliphatic heterocycles. The zero-order chi connectivity index (χ0) is 20.2. The topological polar surface area (TPSA) is 88.0 Å². The number of nitrogens with zero attached hydrogens (tertiary/aromatic N) is 3. The fraction of sp³-hybridized carbons (Fsp3) is 0.200. The highest BCUT2D eigenvalue weighted by Crippen LogP contribution is 2.32. The summed E-state index contributed by atoms with van der Waals surface area (Å²) in [6.07, 6.45) is 3.72. The molecule has 1 unspecified atom stereocenters. The van der Waals surface area contributed by atoms with Crippen LogP contribution in [-0.4, -0.2) is 40.7 Å². The number of aliphatic imine (C=N–C) groups is 1. The molecule has 0 aliphatic carbocycles. The number of hydrazone groups is 1. The molecule has 0 bridgehead atoms. The summed E-state index contributed by atoms with van der Waals surface area (Å²) in [6, 6.07) is 10.9. The molecule has 4 rings (SSSR count). The Morgan fingerprint density at radius 1 is 1.38 bits per heavy atom. The maximum absolute atomic E-state index is 11.7. The van der Waals surface area contributed by atoms with E-state index in [2.05, 4.69) is 31.9 Å². The van der Waals surface area contributed by atoms with Crippen LogP contribution >= 0.6 is 23.4 Å². The van der Waals surface area contributed by atoms with Crippen LogP contribution in [0, 0.1) is 0 Å². The zero-order valence-electron chi connectivity index (χ0n) is 15.6. The van der Waals surface area contributed by atoms with Gasteiger partial charge in [0.05, 0.1) is 5.69 Å². The van der Waals surface area contributed by atoms with Gasteiger partial charge in [-0.2, -0.15) is 0 Å². The Balaban J connectivity index is 1.49. The van der Waals surface area contributed by atoms with Gasteiger partial charge in [0.1, 0.15) is 17.6 Å². The number of hydrogen-bond donors (Lipinski definition) is 2. The minimum absolute atomic E-state index is 0.0115. The molecule has 0 fully saturated rings. The highest BCUT2D eigenvalue weighted by Gasteiger charge is 2.33. The lowest BCUT2D eigenvalue weighted by Crippen LogP contribution is -2.37. The van der Waals surface area contributed by atoms with Crippen LogP contribution in [0.15, 0.2) is 64.3 Å². The van der Waals surface area contributed by atoms with E-state index in [9.17, 15) is 4.79 Å². The van der Waals surface area contributed by atoms with Crippen molar-refractivity contribution in [3.8, 4) is 0 Å². The van der Waals surface area contributed by atoms with Crippen molar-refractivity contribution >= 4 is 46.7 Å². The van der Waals surface area contributed by atoms with E-state index in [0.717, 1.165) is 22.6 Å². The van der Waals surface area contributed by atoms with Gasteiger partial charge in [-0.05, 0) is 42.0 Å². The first-order valence-electron chi connectivity index (χ1n) is 8.94. The molecule has 2 N–H and O–H groups in total. The van der Waals surface area contributed by atoms with Gasteiger partial charge >= 0.3 is 0 Å². The molecule has 29 heavy (non-hydrogen) atoms. The third kappa shape index (κ3) is 4.44. The third-order valence-electron chi connectivity index (χ3n) is 4.36. The smallest absolute Gasteiger partial charge is 0.269 e. The van der Waals surface area contributed by atoms with E-state index in [0.29, 0.717) is 29.1 Å². The van der Waals surface area contributed by atoms with Crippen LogP contribution in [0.4, 0.5) is 5.69 Å². The quantitative estimate of drug-likeness (QED) is 0.781. The summed E-state index contributed by atoms with van der Waals surface area (Å²) in [4.78, 5) is 20.5. The number of aromatic nitrogens is 1. The second-order valence-electron chi connectivity index (χ2n) is 6.29. The molecule has 1 atom stereocenters. The molecule has 1 aromatic heterocycles. The summed E-state index contributed by atoms with van der Waals surface area (Å²) in [6.45, 7) is 0.293. The monoisotopic (exact) mass is 427 g/mol. The van der Waals surface area contributed by atoms with E-state index in [1.54, 1.807) is 43.2 Å². The maximum atomic E-state index is 11.7. The molecule has 0 radical (unpaired) electrons. The van der Waals surface area contributed by atoms with E-state index >= 15 is 0 Å². The van der Waals surface area contributed by atoms with E-state index in [-0.39, 0.29) is 11.2 Å². The van der Waals surface area contributed by atoms with Crippen LogP contribution in [-0.2, 0) is 11.3 Å². The second kappa shape index (κ2) is 8.67. The van der Waals surface area contributed by atoms with Crippen molar-refractivity contribution in [3.05, 3.63) is 70.5 Å². The number of halogens is 1. The summed E-state index contributed by atoms with van der Waals surface area (Å²) >= 11 is 7.67. The normalized spacial score (nSPS) is 19.1. The van der Waals surface area contributed by atoms with E-state index in [1.807, 2.05) is 18.2 Å². The maximum Gasteiger partial charge on any atom is 0.269 e. The van der Waals surface area contributed by atoms with E-state index in [1.165, 1.54) is 0 Å². The molecule has 0 saturated heterocycles. The van der Waals surface area contributed by atoms with Crippen molar-refractivity contribution in [2.45, 2.75) is 11.9 Å². The predicted octanol–water partition coefficient (Wildman–Crippen LogP) is 3.30. The number of carbonyl (C=O) groups is 1. The molecule has 0 spiro atoms. The molecule has 3 heterocycles. The lowest BCUT2D eigenvalue weighted by Gasteiger charge is -2.23. The minimum atomic E-state index is -0.233. The van der Waals surface area contributed by atoms with Crippen molar-refractivity contribution in [3.63, 3.8) is 0 Å². The Hall–Kier alpha value is -2.84. The number of nitrogens with one attached hydrogen (secondary N) is 2. The lowest BCUT2D eigenvalue weighted by molar-refractivity contribution is 0.0958. The summed E-state index contributed by atoms with van der Waals surface area (Å²) in [5.41, 5.74) is 6.05. The van der Waals surface area contributed by atoms with Crippen LogP contribution < -0.4 is 10.7 Å². The number of fused-ring (bicyclic) bond motifs is 1. The van der Waals surface area contributed by atoms with Gasteiger partial charge in [0, 0.05) is 29.6 Å². The fourth-order valence-corrected chi connectivity index (χ4v) is 4.15. The number of amidine groups is 1. The van der Waals surface area contributed by atoms with Crippen LogP contribution in [0.25, 0.3) is 0 Å². The van der Waals surface area contributed by atoms with Crippen LogP contribution in [0.3, 0.4) is 0 Å². The van der Waals surface area contributed by atoms with E-state index < -0.39 is 0 Å². The van der Waals surface area contributed by atoms with Crippen molar-refractivity contribution in [1.82, 2.24) is 15.7 Å². The van der Waals surface area contributed by atoms with Crippen molar-refractivity contribution in [1.29, 1.82) is 0 Å². The standard InChI is InChI=1S/C20H18ClN5O2S/c1-22-19(27)16-10-12(6-8-23-16)11-28-20-17-15(7-9-29-17)18(25-26-20)24-14-4-2-13(21)3-5-14/h2-8,10,17H,9,11H2,1H3,(H,22,27)(H,24,25). The molecular weight excluding hydrogens is 410 g/mol. The van der Waals surface area contributed by atoms with Gasteiger partial charge in [0.15, 0.2) is 5.84 Å². The Morgan fingerprint density at radius 3 is 3.00 bits per heavy atom. The number of hydrogen-bond acceptors (Lipinski definition) is 6. The molecule has 1 aromatic carbocycles. The predicted molar refractivity (Wildman–Crippen MR) is 116 cm³/mol. The van der Waals surface area contributed by atoms with Gasteiger partial charge < -0.3 is 10.1 Å². The van der Waals surface area contributed by atoms with Crippen LogP contribution in [0.5, 0.6) is 0 Å². The Bertz CT molecular complexity index is 1020. The molecule has 9 heteroatoms. The fourth-order valence-electron chi connectivity index (χ4n) is 2.90. The number of amides is 1. The summed E-state index contributed by atoms with van der Waals surface area (Å²) in [5, 5.41) is 7.61. The molecule has 148 valence electrons. The van der Waals surface area contributed by atoms with Crippen LogP contribution in [0.1, 0.15) is 16.1 Å². The van der Waals surface area contributed by atoms with Crippen molar-refractivity contribution in [2.75, 3.05) is 12.8 Å². The first-order chi connectivity index (χ1) is 14.1. The minimum Gasteiger partial charge on any atom is -0.474 e. The van der Waals surface area contributed by atoms with Gasteiger partial charge in [-0.15, -0.1) is 16.9 Å². The molecule has 1 amide bonds. The summed E-state index contributed by atoms with van der Waals surface area (Å²) in [7, 11) is 1.57. The Labute approximate surface area is 177 Å². The summed E-state index contributed by atoms with van der Waals surface area (Å²) < 4.78 is 5.96. The van der Waals surface area contributed by atoms with Gasteiger partial charge in [0.25, 0.3) is 5.91 Å². The molecule has 7 nitrogen and oxygen atoms in total. The Morgan fingerprint density at radius 2 is 2.21 bits per heavy atom. The largest absolute Gasteiger partial charge is 0.474 e. The van der Waals surface area contributed by atoms with E-state index in [4.69, 9.17) is 16.3 Å². The van der Waals surface area contributed by atoms with Crippen molar-refractivity contribution < 1.29 is 9.53 Å².